The summed E-state index contributed by atoms with van der Waals surface area (Å²) in [4.78, 5) is 4.37. The molecule has 108 valence electrons. The molecule has 0 saturated heterocycles. The van der Waals surface area contributed by atoms with Gasteiger partial charge in [0.15, 0.2) is 0 Å². The predicted molar refractivity (Wildman–Crippen MR) is 88.5 cm³/mol. The van der Waals surface area contributed by atoms with Gasteiger partial charge >= 0.3 is 0 Å². The molecule has 1 atom stereocenters. The normalized spacial score (nSPS) is 12.8. The predicted octanol–water partition coefficient (Wildman–Crippen LogP) is 5.51. The first kappa shape index (κ1) is 15.1. The SMILES string of the molecule is CC(C)CCC[C@@H](C)Nc1ccnc2cc(Cl)ccc12. The van der Waals surface area contributed by atoms with Crippen LogP contribution in [-0.4, -0.2) is 11.0 Å². The molecule has 1 N–H and O–H groups in total. The molecule has 0 aliphatic heterocycles. The van der Waals surface area contributed by atoms with Crippen molar-refractivity contribution in [2.45, 2.75) is 46.1 Å². The molecule has 2 nitrogen and oxygen atoms in total. The van der Waals surface area contributed by atoms with Crippen molar-refractivity contribution in [2.75, 3.05) is 5.32 Å². The fraction of sp³-hybridized carbons (Fsp3) is 0.471. The first-order valence-electron chi connectivity index (χ1n) is 7.37. The van der Waals surface area contributed by atoms with Crippen molar-refractivity contribution in [3.05, 3.63) is 35.5 Å². The molecule has 0 aliphatic rings. The van der Waals surface area contributed by atoms with E-state index in [1.54, 1.807) is 0 Å². The van der Waals surface area contributed by atoms with Crippen molar-refractivity contribution in [1.29, 1.82) is 0 Å². The monoisotopic (exact) mass is 290 g/mol. The molecule has 20 heavy (non-hydrogen) atoms. The van der Waals surface area contributed by atoms with Gasteiger partial charge in [0.25, 0.3) is 0 Å². The highest BCUT2D eigenvalue weighted by Crippen LogP contribution is 2.25. The molecule has 0 aliphatic carbocycles. The zero-order valence-corrected chi connectivity index (χ0v) is 13.2. The van der Waals surface area contributed by atoms with Crippen molar-refractivity contribution < 1.29 is 0 Å². The molecule has 0 bridgehead atoms. The van der Waals surface area contributed by atoms with E-state index in [0.29, 0.717) is 6.04 Å². The third-order valence-corrected chi connectivity index (χ3v) is 3.76. The van der Waals surface area contributed by atoms with Crippen LogP contribution in [0.1, 0.15) is 40.0 Å². The van der Waals surface area contributed by atoms with E-state index in [4.69, 9.17) is 11.6 Å². The van der Waals surface area contributed by atoms with E-state index in [9.17, 15) is 0 Å². The van der Waals surface area contributed by atoms with E-state index >= 15 is 0 Å². The Balaban J connectivity index is 2.05. The maximum Gasteiger partial charge on any atom is 0.0737 e. The summed E-state index contributed by atoms with van der Waals surface area (Å²) in [6.45, 7) is 6.79. The van der Waals surface area contributed by atoms with Crippen LogP contribution >= 0.6 is 11.6 Å². The zero-order chi connectivity index (χ0) is 14.5. The Kier molecular flexibility index (Phi) is 5.24. The number of hydrogen-bond acceptors (Lipinski definition) is 2. The van der Waals surface area contributed by atoms with Gasteiger partial charge in [0.05, 0.1) is 5.52 Å². The van der Waals surface area contributed by atoms with Gasteiger partial charge in [-0.25, -0.2) is 0 Å². The highest BCUT2D eigenvalue weighted by molar-refractivity contribution is 6.31. The number of anilines is 1. The van der Waals surface area contributed by atoms with Gasteiger partial charge in [0.2, 0.25) is 0 Å². The van der Waals surface area contributed by atoms with E-state index in [1.807, 2.05) is 30.5 Å². The molecule has 0 saturated carbocycles. The molecule has 1 aromatic heterocycles. The lowest BCUT2D eigenvalue weighted by atomic mass is 10.0. The average Bonchev–Trinajstić information content (AvgIpc) is 2.38. The van der Waals surface area contributed by atoms with Crippen molar-refractivity contribution in [1.82, 2.24) is 4.98 Å². The molecule has 0 radical (unpaired) electrons. The Morgan fingerprint density at radius 2 is 1.95 bits per heavy atom. The Bertz CT molecular complexity index is 566. The van der Waals surface area contributed by atoms with Crippen LogP contribution in [0.25, 0.3) is 10.9 Å². The molecule has 0 unspecified atom stereocenters. The molecule has 1 heterocycles. The second-order valence-corrected chi connectivity index (χ2v) is 6.33. The Morgan fingerprint density at radius 3 is 2.70 bits per heavy atom. The third kappa shape index (κ3) is 4.11. The molecule has 1 aromatic carbocycles. The Morgan fingerprint density at radius 1 is 1.15 bits per heavy atom. The van der Waals surface area contributed by atoms with Crippen LogP contribution in [0.15, 0.2) is 30.5 Å². The van der Waals surface area contributed by atoms with Crippen LogP contribution in [0.4, 0.5) is 5.69 Å². The van der Waals surface area contributed by atoms with Crippen LogP contribution in [0.5, 0.6) is 0 Å². The Labute approximate surface area is 126 Å². The standard InChI is InChI=1S/C17H23ClN2/c1-12(2)5-4-6-13(3)20-16-9-10-19-17-11-14(18)7-8-15(16)17/h7-13H,4-6H2,1-3H3,(H,19,20)/t13-/m1/s1. The second kappa shape index (κ2) is 6.94. The smallest absolute Gasteiger partial charge is 0.0737 e. The van der Waals surface area contributed by atoms with E-state index < -0.39 is 0 Å². The number of hydrogen-bond donors (Lipinski definition) is 1. The van der Waals surface area contributed by atoms with Crippen molar-refractivity contribution in [2.24, 2.45) is 5.92 Å². The first-order valence-corrected chi connectivity index (χ1v) is 7.75. The van der Waals surface area contributed by atoms with Gasteiger partial charge in [0, 0.05) is 28.3 Å². The minimum Gasteiger partial charge on any atom is -0.382 e. The highest BCUT2D eigenvalue weighted by atomic mass is 35.5. The van der Waals surface area contributed by atoms with Crippen molar-refractivity contribution in [3.63, 3.8) is 0 Å². The number of benzene rings is 1. The summed E-state index contributed by atoms with van der Waals surface area (Å²) in [6.07, 6.45) is 5.58. The average molecular weight is 291 g/mol. The fourth-order valence-corrected chi connectivity index (χ4v) is 2.58. The minimum atomic E-state index is 0.468. The first-order chi connectivity index (χ1) is 9.56. The summed E-state index contributed by atoms with van der Waals surface area (Å²) < 4.78 is 0. The molecular formula is C17H23ClN2. The van der Waals surface area contributed by atoms with E-state index in [-0.39, 0.29) is 0 Å². The van der Waals surface area contributed by atoms with Crippen molar-refractivity contribution >= 4 is 28.2 Å². The molecule has 2 rings (SSSR count). The fourth-order valence-electron chi connectivity index (χ4n) is 2.42. The lowest BCUT2D eigenvalue weighted by Gasteiger charge is -2.17. The van der Waals surface area contributed by atoms with Crippen LogP contribution in [0.2, 0.25) is 5.02 Å². The summed E-state index contributed by atoms with van der Waals surface area (Å²) in [5, 5.41) is 5.46. The molecule has 3 heteroatoms. The molecule has 0 fully saturated rings. The summed E-state index contributed by atoms with van der Waals surface area (Å²) in [5.74, 6) is 0.783. The van der Waals surface area contributed by atoms with E-state index in [0.717, 1.165) is 27.5 Å². The number of nitrogens with one attached hydrogen (secondary N) is 1. The number of fused-ring (bicyclic) bond motifs is 1. The lowest BCUT2D eigenvalue weighted by molar-refractivity contribution is 0.520. The zero-order valence-electron chi connectivity index (χ0n) is 12.5. The maximum absolute atomic E-state index is 6.01. The quantitative estimate of drug-likeness (QED) is 0.758. The summed E-state index contributed by atoms with van der Waals surface area (Å²) in [6, 6.07) is 8.37. The molecule has 2 aromatic rings. The van der Waals surface area contributed by atoms with Crippen LogP contribution in [0, 0.1) is 5.92 Å². The lowest BCUT2D eigenvalue weighted by Crippen LogP contribution is -2.15. The van der Waals surface area contributed by atoms with Gasteiger partial charge < -0.3 is 5.32 Å². The second-order valence-electron chi connectivity index (χ2n) is 5.89. The van der Waals surface area contributed by atoms with Gasteiger partial charge in [-0.2, -0.15) is 0 Å². The number of aromatic nitrogens is 1. The van der Waals surface area contributed by atoms with Gasteiger partial charge in [-0.1, -0.05) is 38.3 Å². The third-order valence-electron chi connectivity index (χ3n) is 3.53. The Hall–Kier alpha value is -1.28. The van der Waals surface area contributed by atoms with Gasteiger partial charge in [0.1, 0.15) is 0 Å². The maximum atomic E-state index is 6.01. The van der Waals surface area contributed by atoms with Crippen LogP contribution in [-0.2, 0) is 0 Å². The van der Waals surface area contributed by atoms with E-state index in [2.05, 4.69) is 31.1 Å². The number of rotatable bonds is 6. The summed E-state index contributed by atoms with van der Waals surface area (Å²) >= 11 is 6.01. The highest BCUT2D eigenvalue weighted by Gasteiger charge is 2.07. The minimum absolute atomic E-state index is 0.468. The number of nitrogens with zero attached hydrogens (tertiary/aromatic N) is 1. The van der Waals surface area contributed by atoms with Gasteiger partial charge in [-0.05, 0) is 43.5 Å². The molecule has 0 spiro atoms. The van der Waals surface area contributed by atoms with Crippen LogP contribution in [0.3, 0.4) is 0 Å². The number of pyridine rings is 1. The van der Waals surface area contributed by atoms with Gasteiger partial charge in [-0.3, -0.25) is 4.98 Å². The molecule has 0 amide bonds. The van der Waals surface area contributed by atoms with E-state index in [1.165, 1.54) is 19.3 Å². The summed E-state index contributed by atoms with van der Waals surface area (Å²) in [7, 11) is 0. The largest absolute Gasteiger partial charge is 0.382 e. The van der Waals surface area contributed by atoms with Gasteiger partial charge in [-0.15, -0.1) is 0 Å². The topological polar surface area (TPSA) is 24.9 Å². The number of halogens is 1. The molecular weight excluding hydrogens is 268 g/mol. The summed E-state index contributed by atoms with van der Waals surface area (Å²) in [5.41, 5.74) is 2.08. The van der Waals surface area contributed by atoms with Crippen LogP contribution < -0.4 is 5.32 Å². The van der Waals surface area contributed by atoms with Crippen molar-refractivity contribution in [3.8, 4) is 0 Å².